The van der Waals surface area contributed by atoms with Gasteiger partial charge in [-0.3, -0.25) is 9.78 Å². The number of rotatable bonds is 5. The first-order valence-corrected chi connectivity index (χ1v) is 6.53. The summed E-state index contributed by atoms with van der Waals surface area (Å²) in [6.07, 6.45) is 3.64. The third-order valence-electron chi connectivity index (χ3n) is 2.21. The van der Waals surface area contributed by atoms with Crippen LogP contribution in [-0.2, 0) is 9.53 Å². The Morgan fingerprint density at radius 2 is 1.90 bits per heavy atom. The maximum Gasteiger partial charge on any atom is 0.407 e. The van der Waals surface area contributed by atoms with Gasteiger partial charge in [0.05, 0.1) is 0 Å². The van der Waals surface area contributed by atoms with Crippen LogP contribution in [0.3, 0.4) is 0 Å². The van der Waals surface area contributed by atoms with E-state index >= 15 is 0 Å². The van der Waals surface area contributed by atoms with Crippen molar-refractivity contribution in [3.63, 3.8) is 0 Å². The van der Waals surface area contributed by atoms with Crippen molar-refractivity contribution in [2.75, 3.05) is 11.9 Å². The summed E-state index contributed by atoms with van der Waals surface area (Å²) in [5.74, 6) is -0.0952. The van der Waals surface area contributed by atoms with Crippen LogP contribution < -0.4 is 10.6 Å². The molecule has 0 aliphatic rings. The molecule has 1 aromatic rings. The molecule has 0 bridgehead atoms. The predicted molar refractivity (Wildman–Crippen MR) is 76.3 cm³/mol. The summed E-state index contributed by atoms with van der Waals surface area (Å²) in [7, 11) is 0. The fourth-order valence-corrected chi connectivity index (χ4v) is 1.41. The number of carbonyl (C=O) groups excluding carboxylic acids is 2. The molecular weight excluding hydrogens is 258 g/mol. The van der Waals surface area contributed by atoms with Gasteiger partial charge < -0.3 is 15.4 Å². The van der Waals surface area contributed by atoms with E-state index in [2.05, 4.69) is 15.6 Å². The summed E-state index contributed by atoms with van der Waals surface area (Å²) in [6.45, 7) is 5.80. The Hall–Kier alpha value is -2.11. The number of carbonyl (C=O) groups is 2. The quantitative estimate of drug-likeness (QED) is 0.811. The molecule has 0 unspecified atom stereocenters. The van der Waals surface area contributed by atoms with Gasteiger partial charge in [0.25, 0.3) is 0 Å². The monoisotopic (exact) mass is 279 g/mol. The van der Waals surface area contributed by atoms with Gasteiger partial charge in [-0.2, -0.15) is 0 Å². The summed E-state index contributed by atoms with van der Waals surface area (Å²) in [6, 6.07) is 3.44. The number of nitrogens with one attached hydrogen (secondary N) is 2. The van der Waals surface area contributed by atoms with Crippen LogP contribution in [0.15, 0.2) is 24.5 Å². The molecule has 0 fully saturated rings. The summed E-state index contributed by atoms with van der Waals surface area (Å²) in [4.78, 5) is 26.8. The van der Waals surface area contributed by atoms with Crippen molar-refractivity contribution in [1.29, 1.82) is 0 Å². The molecule has 0 aliphatic carbocycles. The van der Waals surface area contributed by atoms with Crippen molar-refractivity contribution < 1.29 is 14.3 Å². The molecule has 20 heavy (non-hydrogen) atoms. The van der Waals surface area contributed by atoms with E-state index in [1.807, 2.05) is 0 Å². The van der Waals surface area contributed by atoms with Gasteiger partial charge in [-0.1, -0.05) is 0 Å². The van der Waals surface area contributed by atoms with E-state index in [1.165, 1.54) is 0 Å². The highest BCUT2D eigenvalue weighted by Gasteiger charge is 2.15. The zero-order chi connectivity index (χ0) is 15.0. The number of nitrogens with zero attached hydrogens (tertiary/aromatic N) is 1. The SMILES string of the molecule is CC(C)(C)OC(=O)NCCCC(=O)Nc1ccncc1. The van der Waals surface area contributed by atoms with Crippen molar-refractivity contribution in [1.82, 2.24) is 10.3 Å². The lowest BCUT2D eigenvalue weighted by atomic mass is 10.2. The highest BCUT2D eigenvalue weighted by atomic mass is 16.6. The molecule has 6 heteroatoms. The molecule has 0 aromatic carbocycles. The highest BCUT2D eigenvalue weighted by Crippen LogP contribution is 2.07. The Balaban J connectivity index is 2.15. The number of anilines is 1. The molecule has 1 heterocycles. The lowest BCUT2D eigenvalue weighted by Gasteiger charge is -2.19. The topological polar surface area (TPSA) is 80.3 Å². The predicted octanol–water partition coefficient (Wildman–Crippen LogP) is 2.33. The second kappa shape index (κ2) is 7.47. The minimum Gasteiger partial charge on any atom is -0.444 e. The van der Waals surface area contributed by atoms with Crippen LogP contribution in [0.1, 0.15) is 33.6 Å². The van der Waals surface area contributed by atoms with E-state index in [1.54, 1.807) is 45.3 Å². The molecule has 6 nitrogen and oxygen atoms in total. The van der Waals surface area contributed by atoms with Crippen molar-refractivity contribution in [3.05, 3.63) is 24.5 Å². The molecule has 0 atom stereocenters. The van der Waals surface area contributed by atoms with Gasteiger partial charge >= 0.3 is 6.09 Å². The summed E-state index contributed by atoms with van der Waals surface area (Å²) >= 11 is 0. The van der Waals surface area contributed by atoms with Crippen LogP contribution in [0.2, 0.25) is 0 Å². The van der Waals surface area contributed by atoms with Gasteiger partial charge in [0.2, 0.25) is 5.91 Å². The summed E-state index contributed by atoms with van der Waals surface area (Å²) < 4.78 is 5.08. The first-order chi connectivity index (χ1) is 9.37. The van der Waals surface area contributed by atoms with Gasteiger partial charge in [-0.05, 0) is 39.3 Å². The van der Waals surface area contributed by atoms with Crippen molar-refractivity contribution in [3.8, 4) is 0 Å². The smallest absolute Gasteiger partial charge is 0.407 e. The average molecular weight is 279 g/mol. The molecule has 2 amide bonds. The number of amides is 2. The maximum atomic E-state index is 11.6. The zero-order valence-electron chi connectivity index (χ0n) is 12.1. The highest BCUT2D eigenvalue weighted by molar-refractivity contribution is 5.90. The molecule has 110 valence electrons. The van der Waals surface area contributed by atoms with Gasteiger partial charge in [0.15, 0.2) is 0 Å². The molecule has 0 spiro atoms. The fourth-order valence-electron chi connectivity index (χ4n) is 1.41. The molecule has 1 rings (SSSR count). The van der Waals surface area contributed by atoms with Gasteiger partial charge in [0, 0.05) is 31.0 Å². The van der Waals surface area contributed by atoms with E-state index in [0.717, 1.165) is 0 Å². The van der Waals surface area contributed by atoms with E-state index in [-0.39, 0.29) is 5.91 Å². The maximum absolute atomic E-state index is 11.6. The van der Waals surface area contributed by atoms with E-state index in [4.69, 9.17) is 4.74 Å². The molecule has 0 saturated heterocycles. The number of aromatic nitrogens is 1. The van der Waals surface area contributed by atoms with Crippen LogP contribution in [0.25, 0.3) is 0 Å². The third-order valence-corrected chi connectivity index (χ3v) is 2.21. The lowest BCUT2D eigenvalue weighted by Crippen LogP contribution is -2.33. The molecule has 0 aliphatic heterocycles. The standard InChI is InChI=1S/C14H21N3O3/c1-14(2,3)20-13(19)16-8-4-5-12(18)17-11-6-9-15-10-7-11/h6-7,9-10H,4-5,8H2,1-3H3,(H,16,19)(H,15,17,18). The van der Waals surface area contributed by atoms with Crippen LogP contribution in [0.5, 0.6) is 0 Å². The number of ether oxygens (including phenoxy) is 1. The number of hydrogen-bond donors (Lipinski definition) is 2. The van der Waals surface area contributed by atoms with Gasteiger partial charge in [0.1, 0.15) is 5.60 Å². The Kier molecular flexibility index (Phi) is 5.96. The minimum atomic E-state index is -0.511. The second-order valence-electron chi connectivity index (χ2n) is 5.32. The Bertz CT molecular complexity index is 441. The van der Waals surface area contributed by atoms with Crippen LogP contribution in [0.4, 0.5) is 10.5 Å². The molecular formula is C14H21N3O3. The van der Waals surface area contributed by atoms with Crippen LogP contribution >= 0.6 is 0 Å². The largest absolute Gasteiger partial charge is 0.444 e. The Labute approximate surface area is 118 Å². The van der Waals surface area contributed by atoms with Crippen molar-refractivity contribution in [2.24, 2.45) is 0 Å². The molecule has 1 aromatic heterocycles. The van der Waals surface area contributed by atoms with Gasteiger partial charge in [-0.15, -0.1) is 0 Å². The third kappa shape index (κ3) is 7.35. The van der Waals surface area contributed by atoms with Crippen LogP contribution in [-0.4, -0.2) is 29.1 Å². The number of hydrogen-bond acceptors (Lipinski definition) is 4. The summed E-state index contributed by atoms with van der Waals surface area (Å²) in [5.41, 5.74) is 0.202. The molecule has 0 radical (unpaired) electrons. The second-order valence-corrected chi connectivity index (χ2v) is 5.32. The molecule has 2 N–H and O–H groups in total. The van der Waals surface area contributed by atoms with Crippen molar-refractivity contribution in [2.45, 2.75) is 39.2 Å². The fraction of sp³-hybridized carbons (Fsp3) is 0.500. The molecule has 0 saturated carbocycles. The Morgan fingerprint density at radius 1 is 1.25 bits per heavy atom. The average Bonchev–Trinajstić information content (AvgIpc) is 2.34. The number of pyridine rings is 1. The lowest BCUT2D eigenvalue weighted by molar-refractivity contribution is -0.116. The Morgan fingerprint density at radius 3 is 2.50 bits per heavy atom. The first-order valence-electron chi connectivity index (χ1n) is 6.53. The van der Waals surface area contributed by atoms with E-state index in [9.17, 15) is 9.59 Å². The number of alkyl carbamates (subject to hydrolysis) is 1. The first kappa shape index (κ1) is 15.9. The van der Waals surface area contributed by atoms with E-state index in [0.29, 0.717) is 25.1 Å². The normalized spacial score (nSPS) is 10.8. The van der Waals surface area contributed by atoms with Gasteiger partial charge in [-0.25, -0.2) is 4.79 Å². The van der Waals surface area contributed by atoms with E-state index < -0.39 is 11.7 Å². The van der Waals surface area contributed by atoms with Crippen LogP contribution in [0, 0.1) is 0 Å². The van der Waals surface area contributed by atoms with Crippen molar-refractivity contribution >= 4 is 17.7 Å². The minimum absolute atomic E-state index is 0.0952. The summed E-state index contributed by atoms with van der Waals surface area (Å²) in [5, 5.41) is 5.35. The zero-order valence-corrected chi connectivity index (χ0v) is 12.1.